The van der Waals surface area contributed by atoms with Gasteiger partial charge in [0, 0.05) is 98.8 Å². The van der Waals surface area contributed by atoms with Crippen LogP contribution in [0.2, 0.25) is 0 Å². The summed E-state index contributed by atoms with van der Waals surface area (Å²) < 4.78 is 14.3. The molecule has 0 saturated carbocycles. The first-order valence-corrected chi connectivity index (χ1v) is 48.7. The van der Waals surface area contributed by atoms with Gasteiger partial charge in [-0.2, -0.15) is 10.5 Å². The minimum atomic E-state index is 0.658. The Morgan fingerprint density at radius 1 is 0.153 bits per heavy atom. The molecule has 666 valence electrons. The quantitative estimate of drug-likeness (QED) is 0.107. The Balaban J connectivity index is 0.000000105. The Kier molecular flexibility index (Phi) is 19.0. The highest BCUT2D eigenvalue weighted by Crippen LogP contribution is 2.46. The fraction of sp³-hybridized carbons (Fsp3) is 0. The van der Waals surface area contributed by atoms with E-state index in [4.69, 9.17) is 6.57 Å². The van der Waals surface area contributed by atoms with E-state index in [1.807, 2.05) is 42.5 Å². The Morgan fingerprint density at radius 2 is 0.375 bits per heavy atom. The molecule has 0 aliphatic heterocycles. The molecule has 6 heterocycles. The van der Waals surface area contributed by atoms with E-state index < -0.39 is 0 Å². The topological polar surface area (TPSA) is 81.5 Å². The van der Waals surface area contributed by atoms with Crippen molar-refractivity contribution in [2.24, 2.45) is 0 Å². The Hall–Kier alpha value is -19.9. The molecule has 0 aliphatic carbocycles. The van der Waals surface area contributed by atoms with E-state index in [2.05, 4.69) is 493 Å². The van der Waals surface area contributed by atoms with Gasteiger partial charge >= 0.3 is 0 Å². The summed E-state index contributed by atoms with van der Waals surface area (Å²) in [5.41, 5.74) is 30.2. The maximum Gasteiger partial charge on any atom is 0.187 e. The Bertz CT molecular complexity index is 10800. The minimum Gasteiger partial charge on any atom is -0.309 e. The molecule has 0 bridgehead atoms. The summed E-state index contributed by atoms with van der Waals surface area (Å²) >= 11 is 0. The molecule has 24 aromatic carbocycles. The number of hydrogen-bond acceptors (Lipinski definition) is 2. The summed E-state index contributed by atoms with van der Waals surface area (Å²) in [4.78, 5) is 3.72. The predicted octanol–water partition coefficient (Wildman–Crippen LogP) is 35.9. The number of aromatic nitrogens is 6. The highest BCUT2D eigenvalue weighted by molar-refractivity contribution is 6.19. The number of fused-ring (bicyclic) bond motifs is 27. The lowest BCUT2D eigenvalue weighted by atomic mass is 9.99. The molecule has 9 heteroatoms. The molecule has 0 amide bonds. The zero-order chi connectivity index (χ0) is 95.3. The first-order valence-electron chi connectivity index (χ1n) is 48.7. The Morgan fingerprint density at radius 3 is 0.708 bits per heavy atom. The predicted molar refractivity (Wildman–Crippen MR) is 602 cm³/mol. The highest BCUT2D eigenvalue weighted by atomic mass is 15.0. The van der Waals surface area contributed by atoms with Crippen molar-refractivity contribution in [2.45, 2.75) is 0 Å². The lowest BCUT2D eigenvalue weighted by molar-refractivity contribution is 1.18. The van der Waals surface area contributed by atoms with Gasteiger partial charge in [0.15, 0.2) is 5.69 Å². The SMILES string of the molecule is N#Cc1ccc2c(ccc3cc(-n4c5ccccc5c5ccc(-c6ccc7c8ccccc8n(-c8ccccc8)c7c6)cc54)ccc32)c1.N#Cc1ccc2ccc3cc(-n4c5ccccc5c5ccc(-c6ccc7c8ccccc8n(-c8ccccc8)c7c6)cc54)ccc3c2c1.[C-]#[N+]c1ccc2ccc3ccc(-n4c5ccccc5c5ccc(-c6ccc7c8ccccc8n(-c8ccccc8)c7c6)cc54)cc3c2c1. The van der Waals surface area contributed by atoms with E-state index in [0.29, 0.717) is 16.8 Å². The van der Waals surface area contributed by atoms with Gasteiger partial charge in [0.25, 0.3) is 0 Å². The van der Waals surface area contributed by atoms with Crippen molar-refractivity contribution in [3.63, 3.8) is 0 Å². The fourth-order valence-corrected chi connectivity index (χ4v) is 23.1. The van der Waals surface area contributed by atoms with Crippen LogP contribution >= 0.6 is 0 Å². The van der Waals surface area contributed by atoms with Crippen LogP contribution in [-0.2, 0) is 0 Å². The van der Waals surface area contributed by atoms with Crippen LogP contribution in [0.25, 0.3) is 268 Å². The van der Waals surface area contributed by atoms with Gasteiger partial charge in [-0.15, -0.1) is 0 Å². The van der Waals surface area contributed by atoms with Gasteiger partial charge in [-0.3, -0.25) is 0 Å². The van der Waals surface area contributed by atoms with E-state index in [9.17, 15) is 10.5 Å². The van der Waals surface area contributed by atoms with Crippen LogP contribution in [0.3, 0.4) is 0 Å². The van der Waals surface area contributed by atoms with Crippen molar-refractivity contribution in [1.82, 2.24) is 27.4 Å². The van der Waals surface area contributed by atoms with Crippen molar-refractivity contribution in [1.29, 1.82) is 10.5 Å². The standard InChI is InChI=1S/3C45H27N3/c1-46-33-21-17-29-15-16-30-18-22-35(28-41(30)40(29)27-33)48-43-14-8-6-12-37(43)39-24-20-32(26-45(39)48)31-19-23-38-36-11-5-7-13-42(36)47(44(38)25-31)34-9-3-2-4-10-34;46-28-29-14-20-36-32(24-29)15-16-33-25-35(19-23-37(33)36)48-43-13-7-5-11-39(43)41-22-18-31(27-45(41)48)30-17-21-40-38-10-4-6-12-42(38)47(44(40)26-30)34-8-2-1-3-9-34;46-28-29-14-15-30-16-17-33-25-35(20-23-36(33)41(30)24-29)48-43-13-7-5-11-38(43)40-22-19-32(27-45(40)48)31-18-21-39-37-10-4-6-12-42(37)47(44(39)26-31)34-8-2-1-3-9-34/h2-28H;2*1-27H. The summed E-state index contributed by atoms with van der Waals surface area (Å²) in [6.07, 6.45) is 0. The van der Waals surface area contributed by atoms with Gasteiger partial charge < -0.3 is 27.4 Å². The number of rotatable bonds is 9. The van der Waals surface area contributed by atoms with Crippen LogP contribution in [-0.4, -0.2) is 27.4 Å². The fourth-order valence-electron chi connectivity index (χ4n) is 23.1. The van der Waals surface area contributed by atoms with E-state index in [1.54, 1.807) is 0 Å². The number of benzene rings is 24. The van der Waals surface area contributed by atoms with Crippen LogP contribution < -0.4 is 0 Å². The van der Waals surface area contributed by atoms with Crippen LogP contribution in [0.5, 0.6) is 0 Å². The van der Waals surface area contributed by atoms with Crippen LogP contribution in [0.1, 0.15) is 11.1 Å². The van der Waals surface area contributed by atoms with Crippen LogP contribution in [0.4, 0.5) is 5.69 Å². The third-order valence-corrected chi connectivity index (χ3v) is 29.7. The average molecular weight is 1830 g/mol. The third-order valence-electron chi connectivity index (χ3n) is 29.7. The summed E-state index contributed by atoms with van der Waals surface area (Å²) in [7, 11) is 0. The van der Waals surface area contributed by atoms with E-state index >= 15 is 0 Å². The molecule has 30 aromatic rings. The molecule has 6 aromatic heterocycles. The molecule has 0 N–H and O–H groups in total. The smallest absolute Gasteiger partial charge is 0.187 e. The van der Waals surface area contributed by atoms with E-state index in [1.165, 1.54) is 175 Å². The van der Waals surface area contributed by atoms with Crippen molar-refractivity contribution in [2.75, 3.05) is 0 Å². The normalized spacial score (nSPS) is 11.7. The lowest BCUT2D eigenvalue weighted by Crippen LogP contribution is -1.95. The second-order valence-electron chi connectivity index (χ2n) is 37.5. The minimum absolute atomic E-state index is 0.658. The number of nitriles is 2. The molecule has 0 radical (unpaired) electrons. The first kappa shape index (κ1) is 82.4. The number of hydrogen-bond donors (Lipinski definition) is 0. The molecule has 30 rings (SSSR count). The summed E-state index contributed by atoms with van der Waals surface area (Å²) in [6, 6.07) is 181. The average Bonchev–Trinajstić information content (AvgIpc) is 1.57. The van der Waals surface area contributed by atoms with Crippen molar-refractivity contribution >= 4 is 201 Å². The summed E-state index contributed by atoms with van der Waals surface area (Å²) in [6.45, 7) is 7.60. The molecular weight excluding hydrogens is 1750 g/mol. The van der Waals surface area contributed by atoms with Gasteiger partial charge in [0.1, 0.15) is 0 Å². The molecule has 0 saturated heterocycles. The molecule has 0 spiro atoms. The maximum atomic E-state index is 9.54. The van der Waals surface area contributed by atoms with E-state index in [-0.39, 0.29) is 0 Å². The first-order chi connectivity index (χ1) is 71.2. The molecular formula is C135H81N9. The monoisotopic (exact) mass is 1830 g/mol. The van der Waals surface area contributed by atoms with Gasteiger partial charge in [0.05, 0.1) is 96.0 Å². The third kappa shape index (κ3) is 13.3. The van der Waals surface area contributed by atoms with Crippen molar-refractivity contribution < 1.29 is 0 Å². The van der Waals surface area contributed by atoms with Gasteiger partial charge in [-0.05, 0) is 274 Å². The zero-order valence-corrected chi connectivity index (χ0v) is 77.8. The van der Waals surface area contributed by atoms with Crippen LogP contribution in [0, 0.1) is 29.2 Å². The Labute approximate surface area is 826 Å². The van der Waals surface area contributed by atoms with Gasteiger partial charge in [-0.25, -0.2) is 4.85 Å². The summed E-state index contributed by atoms with van der Waals surface area (Å²) in [5, 5.41) is 47.5. The maximum absolute atomic E-state index is 9.54. The molecule has 0 aliphatic rings. The summed E-state index contributed by atoms with van der Waals surface area (Å²) in [5.74, 6) is 0. The van der Waals surface area contributed by atoms with Gasteiger partial charge in [0.2, 0.25) is 0 Å². The van der Waals surface area contributed by atoms with Crippen molar-refractivity contribution in [3.05, 3.63) is 514 Å². The number of nitrogens with zero attached hydrogens (tertiary/aromatic N) is 9. The molecule has 144 heavy (non-hydrogen) atoms. The van der Waals surface area contributed by atoms with Gasteiger partial charge in [-0.1, -0.05) is 315 Å². The zero-order valence-electron chi connectivity index (χ0n) is 77.8. The molecule has 9 nitrogen and oxygen atoms in total. The molecule has 0 fully saturated rings. The second-order valence-corrected chi connectivity index (χ2v) is 37.5. The largest absolute Gasteiger partial charge is 0.309 e. The molecule has 0 unspecified atom stereocenters. The molecule has 0 atom stereocenters. The second kappa shape index (κ2) is 33.2. The van der Waals surface area contributed by atoms with E-state index in [0.717, 1.165) is 88.0 Å². The van der Waals surface area contributed by atoms with Crippen molar-refractivity contribution in [3.8, 4) is 79.6 Å². The van der Waals surface area contributed by atoms with Crippen LogP contribution in [0.15, 0.2) is 491 Å². The highest BCUT2D eigenvalue weighted by Gasteiger charge is 2.24. The number of para-hydroxylation sites is 9. The lowest BCUT2D eigenvalue weighted by Gasteiger charge is -2.12.